The largest absolute Gasteiger partial charge is 0.383 e. The molecule has 33 heavy (non-hydrogen) atoms. The molecule has 3 aromatic rings. The molecule has 4 rings (SSSR count). The molecule has 0 N–H and O–H groups in total. The number of rotatable bonds is 8. The normalized spacial score (nSPS) is 15.5. The third-order valence-corrected chi connectivity index (χ3v) is 6.50. The van der Waals surface area contributed by atoms with Crippen LogP contribution in [-0.4, -0.2) is 58.8 Å². The molecule has 1 aromatic carbocycles. The summed E-state index contributed by atoms with van der Waals surface area (Å²) < 4.78 is 21.3. The van der Waals surface area contributed by atoms with Crippen LogP contribution in [0.25, 0.3) is 0 Å². The lowest BCUT2D eigenvalue weighted by Crippen LogP contribution is -2.43. The summed E-state index contributed by atoms with van der Waals surface area (Å²) in [6, 6.07) is 13.3. The van der Waals surface area contributed by atoms with Crippen molar-refractivity contribution >= 4 is 28.9 Å². The van der Waals surface area contributed by atoms with Crippen LogP contribution in [-0.2, 0) is 16.6 Å². The number of hydrazone groups is 1. The first kappa shape index (κ1) is 22.9. The zero-order valence-corrected chi connectivity index (χ0v) is 19.3. The number of hydrogen-bond acceptors (Lipinski definition) is 5. The van der Waals surface area contributed by atoms with E-state index in [1.54, 1.807) is 17.4 Å². The number of halogens is 1. The van der Waals surface area contributed by atoms with Crippen molar-refractivity contribution in [2.75, 3.05) is 26.8 Å². The second kappa shape index (κ2) is 10.1. The summed E-state index contributed by atoms with van der Waals surface area (Å²) in [7, 11) is 3.44. The molecule has 0 aliphatic carbocycles. The second-order valence-electron chi connectivity index (χ2n) is 7.73. The first-order chi connectivity index (χ1) is 16.0. The maximum Gasteiger partial charge on any atom is 0.262 e. The summed E-state index contributed by atoms with van der Waals surface area (Å²) in [5, 5.41) is 8.07. The van der Waals surface area contributed by atoms with Crippen LogP contribution in [0.1, 0.15) is 33.4 Å². The Kier molecular flexibility index (Phi) is 7.00. The molecule has 0 fully saturated rings. The smallest absolute Gasteiger partial charge is 0.262 e. The van der Waals surface area contributed by atoms with Crippen LogP contribution in [0.15, 0.2) is 65.2 Å². The molecule has 9 heteroatoms. The number of nitrogens with zero attached hydrogens (tertiary/aromatic N) is 4. The van der Waals surface area contributed by atoms with Crippen molar-refractivity contribution in [3.8, 4) is 0 Å². The molecule has 172 valence electrons. The van der Waals surface area contributed by atoms with E-state index in [1.807, 2.05) is 47.5 Å². The van der Waals surface area contributed by atoms with E-state index in [2.05, 4.69) is 5.10 Å². The van der Waals surface area contributed by atoms with Gasteiger partial charge in [-0.2, -0.15) is 5.10 Å². The van der Waals surface area contributed by atoms with Gasteiger partial charge in [0.15, 0.2) is 0 Å². The Morgan fingerprint density at radius 2 is 2.03 bits per heavy atom. The van der Waals surface area contributed by atoms with Crippen LogP contribution in [0, 0.1) is 5.82 Å². The predicted octanol–water partition coefficient (Wildman–Crippen LogP) is 3.69. The van der Waals surface area contributed by atoms with E-state index in [-0.39, 0.29) is 37.2 Å². The number of hydrogen-bond donors (Lipinski definition) is 0. The van der Waals surface area contributed by atoms with E-state index in [9.17, 15) is 14.0 Å². The van der Waals surface area contributed by atoms with Gasteiger partial charge < -0.3 is 14.2 Å². The number of benzene rings is 1. The molecule has 0 saturated carbocycles. The zero-order chi connectivity index (χ0) is 23.4. The van der Waals surface area contributed by atoms with Gasteiger partial charge in [-0.15, -0.1) is 11.3 Å². The maximum absolute atomic E-state index is 14.3. The van der Waals surface area contributed by atoms with Gasteiger partial charge in [0.05, 0.1) is 22.8 Å². The van der Waals surface area contributed by atoms with Crippen molar-refractivity contribution < 1.29 is 18.7 Å². The quantitative estimate of drug-likeness (QED) is 0.506. The molecule has 7 nitrogen and oxygen atoms in total. The molecule has 0 saturated heterocycles. The van der Waals surface area contributed by atoms with E-state index in [0.717, 1.165) is 16.3 Å². The predicted molar refractivity (Wildman–Crippen MR) is 125 cm³/mol. The first-order valence-electron chi connectivity index (χ1n) is 10.6. The van der Waals surface area contributed by atoms with Crippen molar-refractivity contribution in [2.24, 2.45) is 12.1 Å². The van der Waals surface area contributed by atoms with Gasteiger partial charge in [-0.05, 0) is 35.7 Å². The van der Waals surface area contributed by atoms with Gasteiger partial charge in [0.1, 0.15) is 18.4 Å². The second-order valence-corrected chi connectivity index (χ2v) is 8.67. The average molecular weight is 469 g/mol. The van der Waals surface area contributed by atoms with Gasteiger partial charge >= 0.3 is 0 Å². The van der Waals surface area contributed by atoms with E-state index in [1.165, 1.54) is 35.2 Å². The number of methoxy groups -OCH3 is 1. The molecular weight excluding hydrogens is 443 g/mol. The highest BCUT2D eigenvalue weighted by molar-refractivity contribution is 7.12. The van der Waals surface area contributed by atoms with Crippen molar-refractivity contribution in [3.63, 3.8) is 0 Å². The van der Waals surface area contributed by atoms with E-state index in [0.29, 0.717) is 6.42 Å². The SMILES string of the molecule is COCCN(CC(=O)N1N=C(c2cccs2)CC1c1cccn1C)C(=O)c1ccccc1F. The number of aryl methyl sites for hydroxylation is 1. The Balaban J connectivity index is 1.61. The Hall–Kier alpha value is -3.30. The van der Waals surface area contributed by atoms with Crippen LogP contribution in [0.3, 0.4) is 0 Å². The van der Waals surface area contributed by atoms with Crippen LogP contribution in [0.2, 0.25) is 0 Å². The molecule has 3 heterocycles. The highest BCUT2D eigenvalue weighted by atomic mass is 32.1. The summed E-state index contributed by atoms with van der Waals surface area (Å²) >= 11 is 1.57. The van der Waals surface area contributed by atoms with Gasteiger partial charge in [0, 0.05) is 39.0 Å². The lowest BCUT2D eigenvalue weighted by Gasteiger charge is -2.27. The van der Waals surface area contributed by atoms with E-state index >= 15 is 0 Å². The van der Waals surface area contributed by atoms with Crippen molar-refractivity contribution in [3.05, 3.63) is 82.1 Å². The summed E-state index contributed by atoms with van der Waals surface area (Å²) in [5.74, 6) is -1.53. The average Bonchev–Trinajstić information content (AvgIpc) is 3.56. The van der Waals surface area contributed by atoms with Gasteiger partial charge in [-0.25, -0.2) is 9.40 Å². The van der Waals surface area contributed by atoms with Gasteiger partial charge in [-0.1, -0.05) is 18.2 Å². The topological polar surface area (TPSA) is 67.1 Å². The summed E-state index contributed by atoms with van der Waals surface area (Å²) in [5.41, 5.74) is 1.69. The fourth-order valence-electron chi connectivity index (χ4n) is 3.88. The first-order valence-corrected chi connectivity index (χ1v) is 11.4. The van der Waals surface area contributed by atoms with Gasteiger partial charge in [-0.3, -0.25) is 9.59 Å². The Labute approximate surface area is 195 Å². The Morgan fingerprint density at radius 1 is 1.21 bits per heavy atom. The molecule has 2 aromatic heterocycles. The number of amides is 2. The van der Waals surface area contributed by atoms with E-state index < -0.39 is 11.7 Å². The molecule has 0 spiro atoms. The Bertz CT molecular complexity index is 1160. The van der Waals surface area contributed by atoms with E-state index in [4.69, 9.17) is 4.74 Å². The Morgan fingerprint density at radius 3 is 2.70 bits per heavy atom. The standard InChI is InChI=1S/C24H25FN4O3S/c1-27-11-5-9-20(27)21-15-19(22-10-6-14-33-22)26-29(21)23(30)16-28(12-13-32-2)24(31)17-7-3-4-8-18(17)25/h3-11,14,21H,12-13,15-16H2,1-2H3. The number of aromatic nitrogens is 1. The van der Waals surface area contributed by atoms with Crippen LogP contribution in [0.5, 0.6) is 0 Å². The van der Waals surface area contributed by atoms with Crippen LogP contribution < -0.4 is 0 Å². The number of carbonyl (C=O) groups is 2. The molecule has 0 radical (unpaired) electrons. The zero-order valence-electron chi connectivity index (χ0n) is 18.5. The van der Waals surface area contributed by atoms with Crippen molar-refractivity contribution in [1.82, 2.24) is 14.5 Å². The molecule has 1 unspecified atom stereocenters. The number of ether oxygens (including phenoxy) is 1. The lowest BCUT2D eigenvalue weighted by atomic mass is 10.1. The third-order valence-electron chi connectivity index (χ3n) is 5.58. The molecule has 1 atom stereocenters. The monoisotopic (exact) mass is 468 g/mol. The molecule has 1 aliphatic rings. The maximum atomic E-state index is 14.3. The highest BCUT2D eigenvalue weighted by Gasteiger charge is 2.36. The van der Waals surface area contributed by atoms with Crippen molar-refractivity contribution in [2.45, 2.75) is 12.5 Å². The number of thiophene rings is 1. The lowest BCUT2D eigenvalue weighted by molar-refractivity contribution is -0.134. The van der Waals surface area contributed by atoms with Gasteiger partial charge in [0.2, 0.25) is 0 Å². The number of carbonyl (C=O) groups excluding carboxylic acids is 2. The molecule has 1 aliphatic heterocycles. The molecule has 0 bridgehead atoms. The summed E-state index contributed by atoms with van der Waals surface area (Å²) in [4.78, 5) is 28.8. The van der Waals surface area contributed by atoms with Crippen molar-refractivity contribution in [1.29, 1.82) is 0 Å². The highest BCUT2D eigenvalue weighted by Crippen LogP contribution is 2.34. The van der Waals surface area contributed by atoms with Crippen LogP contribution in [0.4, 0.5) is 4.39 Å². The summed E-state index contributed by atoms with van der Waals surface area (Å²) in [6.45, 7) is 0.136. The molecular formula is C24H25FN4O3S. The summed E-state index contributed by atoms with van der Waals surface area (Å²) in [6.07, 6.45) is 2.50. The fourth-order valence-corrected chi connectivity index (χ4v) is 4.60. The molecule has 2 amide bonds. The van der Waals surface area contributed by atoms with Crippen LogP contribution >= 0.6 is 11.3 Å². The fraction of sp³-hybridized carbons (Fsp3) is 0.292. The minimum atomic E-state index is -0.627. The third kappa shape index (κ3) is 4.89. The minimum absolute atomic E-state index is 0.0791. The minimum Gasteiger partial charge on any atom is -0.383 e. The van der Waals surface area contributed by atoms with Gasteiger partial charge in [0.25, 0.3) is 11.8 Å².